The van der Waals surface area contributed by atoms with Crippen LogP contribution in [0.3, 0.4) is 0 Å². The van der Waals surface area contributed by atoms with Crippen LogP contribution in [0.25, 0.3) is 11.1 Å². The third-order valence-corrected chi connectivity index (χ3v) is 3.14. The third kappa shape index (κ3) is 2.70. The number of nitrogens with one attached hydrogen (secondary N) is 1. The number of hydrogen-bond acceptors (Lipinski definition) is 4. The lowest BCUT2D eigenvalue weighted by molar-refractivity contribution is 0.414. The average molecular weight is 289 g/mol. The van der Waals surface area contributed by atoms with Crippen molar-refractivity contribution in [1.82, 2.24) is 4.98 Å². The van der Waals surface area contributed by atoms with Crippen LogP contribution in [0.1, 0.15) is 5.89 Å². The highest BCUT2D eigenvalue weighted by Gasteiger charge is 2.06. The summed E-state index contributed by atoms with van der Waals surface area (Å²) in [6, 6.07) is 13.1. The fraction of sp³-hybridized carbons (Fsp3) is 0.133. The zero-order chi connectivity index (χ0) is 13.9. The number of methoxy groups -OCH3 is 1. The summed E-state index contributed by atoms with van der Waals surface area (Å²) < 4.78 is 10.8. The lowest BCUT2D eigenvalue weighted by Gasteiger charge is -2.03. The molecule has 2 aromatic carbocycles. The maximum Gasteiger partial charge on any atom is 0.214 e. The molecule has 20 heavy (non-hydrogen) atoms. The van der Waals surface area contributed by atoms with Crippen LogP contribution in [-0.4, -0.2) is 12.1 Å². The number of benzene rings is 2. The van der Waals surface area contributed by atoms with Gasteiger partial charge in [0.05, 0.1) is 13.7 Å². The van der Waals surface area contributed by atoms with Crippen LogP contribution in [0.4, 0.5) is 5.69 Å². The third-order valence-electron chi connectivity index (χ3n) is 2.91. The molecule has 4 nitrogen and oxygen atoms in total. The van der Waals surface area contributed by atoms with E-state index in [0.717, 1.165) is 17.0 Å². The van der Waals surface area contributed by atoms with Crippen molar-refractivity contribution < 1.29 is 9.15 Å². The van der Waals surface area contributed by atoms with Crippen LogP contribution in [-0.2, 0) is 6.54 Å². The van der Waals surface area contributed by atoms with E-state index in [-0.39, 0.29) is 0 Å². The molecule has 0 bridgehead atoms. The number of ether oxygens (including phenoxy) is 1. The number of hydrogen-bond donors (Lipinski definition) is 1. The fourth-order valence-electron chi connectivity index (χ4n) is 1.93. The summed E-state index contributed by atoms with van der Waals surface area (Å²) in [5, 5.41) is 3.91. The molecule has 0 aliphatic heterocycles. The summed E-state index contributed by atoms with van der Waals surface area (Å²) in [6.45, 7) is 0.497. The second-order valence-corrected chi connectivity index (χ2v) is 4.74. The molecule has 1 N–H and O–H groups in total. The van der Waals surface area contributed by atoms with Crippen molar-refractivity contribution in [2.45, 2.75) is 6.54 Å². The van der Waals surface area contributed by atoms with E-state index in [4.69, 9.17) is 20.8 Å². The molecule has 1 heterocycles. The SMILES string of the molecule is COc1ccc2nc(CNc3cccc(Cl)c3)oc2c1. The normalized spacial score (nSPS) is 10.7. The molecular formula is C15H13ClN2O2. The molecule has 1 aromatic heterocycles. The molecular weight excluding hydrogens is 276 g/mol. The molecule has 0 spiro atoms. The van der Waals surface area contributed by atoms with Crippen LogP contribution in [0.15, 0.2) is 46.9 Å². The Labute approximate surface area is 121 Å². The van der Waals surface area contributed by atoms with Gasteiger partial charge in [0.25, 0.3) is 0 Å². The molecule has 0 saturated heterocycles. The Bertz CT molecular complexity index is 740. The van der Waals surface area contributed by atoms with Gasteiger partial charge in [-0.15, -0.1) is 0 Å². The molecule has 0 atom stereocenters. The zero-order valence-corrected chi connectivity index (χ0v) is 11.6. The van der Waals surface area contributed by atoms with Gasteiger partial charge in [0.2, 0.25) is 5.89 Å². The Kier molecular flexibility index (Phi) is 3.48. The Balaban J connectivity index is 1.77. The molecule has 0 fully saturated rings. The van der Waals surface area contributed by atoms with E-state index in [9.17, 15) is 0 Å². The smallest absolute Gasteiger partial charge is 0.214 e. The van der Waals surface area contributed by atoms with Crippen molar-refractivity contribution >= 4 is 28.4 Å². The number of anilines is 1. The molecule has 0 aliphatic carbocycles. The summed E-state index contributed by atoms with van der Waals surface area (Å²) in [6.07, 6.45) is 0. The van der Waals surface area contributed by atoms with Crippen molar-refractivity contribution in [2.24, 2.45) is 0 Å². The van der Waals surface area contributed by atoms with Crippen LogP contribution < -0.4 is 10.1 Å². The van der Waals surface area contributed by atoms with Crippen molar-refractivity contribution in [3.05, 3.63) is 53.4 Å². The number of rotatable bonds is 4. The first-order chi connectivity index (χ1) is 9.74. The molecule has 0 aliphatic rings. The Morgan fingerprint density at radius 1 is 1.25 bits per heavy atom. The Morgan fingerprint density at radius 3 is 2.95 bits per heavy atom. The fourth-order valence-corrected chi connectivity index (χ4v) is 2.12. The molecule has 0 amide bonds. The molecule has 0 saturated carbocycles. The standard InChI is InChI=1S/C15H13ClN2O2/c1-19-12-5-6-13-14(8-12)20-15(18-13)9-17-11-4-2-3-10(16)7-11/h2-8,17H,9H2,1H3. The first kappa shape index (κ1) is 12.8. The first-order valence-electron chi connectivity index (χ1n) is 6.17. The second-order valence-electron chi connectivity index (χ2n) is 4.31. The number of aromatic nitrogens is 1. The van der Waals surface area contributed by atoms with Gasteiger partial charge >= 0.3 is 0 Å². The minimum Gasteiger partial charge on any atom is -0.497 e. The minimum absolute atomic E-state index is 0.497. The largest absolute Gasteiger partial charge is 0.497 e. The van der Waals surface area contributed by atoms with Crippen molar-refractivity contribution in [1.29, 1.82) is 0 Å². The van der Waals surface area contributed by atoms with Gasteiger partial charge in [-0.3, -0.25) is 0 Å². The summed E-state index contributed by atoms with van der Waals surface area (Å²) >= 11 is 5.93. The van der Waals surface area contributed by atoms with E-state index in [2.05, 4.69) is 10.3 Å². The van der Waals surface area contributed by atoms with Crippen LogP contribution in [0, 0.1) is 0 Å². The zero-order valence-electron chi connectivity index (χ0n) is 10.9. The highest BCUT2D eigenvalue weighted by molar-refractivity contribution is 6.30. The van der Waals surface area contributed by atoms with E-state index in [0.29, 0.717) is 23.0 Å². The van der Waals surface area contributed by atoms with Crippen LogP contribution >= 0.6 is 11.6 Å². The molecule has 5 heteroatoms. The lowest BCUT2D eigenvalue weighted by Crippen LogP contribution is -1.99. The first-order valence-corrected chi connectivity index (χ1v) is 6.55. The average Bonchev–Trinajstić information content (AvgIpc) is 2.87. The maximum atomic E-state index is 5.93. The van der Waals surface area contributed by atoms with Crippen LogP contribution in [0.5, 0.6) is 5.75 Å². The molecule has 102 valence electrons. The number of oxazole rings is 1. The van der Waals surface area contributed by atoms with Gasteiger partial charge in [0, 0.05) is 16.8 Å². The number of halogens is 1. The molecule has 0 radical (unpaired) electrons. The van der Waals surface area contributed by atoms with Crippen molar-refractivity contribution in [3.8, 4) is 5.75 Å². The topological polar surface area (TPSA) is 47.3 Å². The van der Waals surface area contributed by atoms with Gasteiger partial charge < -0.3 is 14.5 Å². The summed E-state index contributed by atoms with van der Waals surface area (Å²) in [5.74, 6) is 1.37. The van der Waals surface area contributed by atoms with E-state index in [1.807, 2.05) is 42.5 Å². The number of nitrogens with zero attached hydrogens (tertiary/aromatic N) is 1. The van der Waals surface area contributed by atoms with Gasteiger partial charge in [-0.05, 0) is 30.3 Å². The Morgan fingerprint density at radius 2 is 2.15 bits per heavy atom. The second kappa shape index (κ2) is 5.43. The molecule has 0 unspecified atom stereocenters. The predicted molar refractivity (Wildman–Crippen MR) is 79.3 cm³/mol. The highest BCUT2D eigenvalue weighted by atomic mass is 35.5. The van der Waals surface area contributed by atoms with Crippen molar-refractivity contribution in [2.75, 3.05) is 12.4 Å². The quantitative estimate of drug-likeness (QED) is 0.785. The van der Waals surface area contributed by atoms with E-state index in [1.165, 1.54) is 0 Å². The van der Waals surface area contributed by atoms with Crippen molar-refractivity contribution in [3.63, 3.8) is 0 Å². The molecule has 3 rings (SSSR count). The van der Waals surface area contributed by atoms with E-state index < -0.39 is 0 Å². The predicted octanol–water partition coefficient (Wildman–Crippen LogP) is 4.10. The monoisotopic (exact) mass is 288 g/mol. The van der Waals surface area contributed by atoms with Gasteiger partial charge in [-0.25, -0.2) is 4.98 Å². The van der Waals surface area contributed by atoms with Gasteiger partial charge in [-0.2, -0.15) is 0 Å². The molecule has 3 aromatic rings. The van der Waals surface area contributed by atoms with E-state index in [1.54, 1.807) is 7.11 Å². The maximum absolute atomic E-state index is 5.93. The summed E-state index contributed by atoms with van der Waals surface area (Å²) in [5.41, 5.74) is 2.46. The number of fused-ring (bicyclic) bond motifs is 1. The summed E-state index contributed by atoms with van der Waals surface area (Å²) in [7, 11) is 1.62. The van der Waals surface area contributed by atoms with Gasteiger partial charge in [-0.1, -0.05) is 17.7 Å². The van der Waals surface area contributed by atoms with Gasteiger partial charge in [0.15, 0.2) is 5.58 Å². The lowest BCUT2D eigenvalue weighted by atomic mass is 10.3. The highest BCUT2D eigenvalue weighted by Crippen LogP contribution is 2.22. The summed E-state index contributed by atoms with van der Waals surface area (Å²) in [4.78, 5) is 4.41. The minimum atomic E-state index is 0.497. The van der Waals surface area contributed by atoms with Crippen LogP contribution in [0.2, 0.25) is 5.02 Å². The van der Waals surface area contributed by atoms with Gasteiger partial charge in [0.1, 0.15) is 11.3 Å². The Hall–Kier alpha value is -2.20. The van der Waals surface area contributed by atoms with E-state index >= 15 is 0 Å².